The molecule has 0 radical (unpaired) electrons. The van der Waals surface area contributed by atoms with Gasteiger partial charge in [0.05, 0.1) is 29.7 Å². The average molecular weight is 804 g/mol. The van der Waals surface area contributed by atoms with Crippen LogP contribution in [0.25, 0.3) is 0 Å². The van der Waals surface area contributed by atoms with E-state index in [-0.39, 0.29) is 9.65 Å². The molecule has 0 aromatic heterocycles. The second-order valence-electron chi connectivity index (χ2n) is 5.79. The van der Waals surface area contributed by atoms with E-state index in [2.05, 4.69) is 63.7 Å². The Balaban J connectivity index is 1.95. The normalized spacial score (nSPS) is 13.2. The predicted octanol–water partition coefficient (Wildman–Crippen LogP) is 10.1. The summed E-state index contributed by atoms with van der Waals surface area (Å²) in [6.07, 6.45) is 0. The maximum atomic E-state index is 6.31. The SMILES string of the molecule is Clc1cc(SOSc2cc(Cl)c(OCC(Br)CBr)c(Cl)c2)cc(Cl)c1OCC(Br)CBr. The second-order valence-corrected chi connectivity index (χ2v) is 13.1. The third-order valence-electron chi connectivity index (χ3n) is 3.36. The Morgan fingerprint density at radius 2 is 1.00 bits per heavy atom. The van der Waals surface area contributed by atoms with Crippen LogP contribution in [0.2, 0.25) is 20.1 Å². The van der Waals surface area contributed by atoms with E-state index in [0.717, 1.165) is 44.5 Å². The molecule has 2 aromatic carbocycles. The molecule has 0 aliphatic rings. The van der Waals surface area contributed by atoms with Gasteiger partial charge in [0.2, 0.25) is 0 Å². The summed E-state index contributed by atoms with van der Waals surface area (Å²) in [6, 6.07) is 6.90. The minimum atomic E-state index is 0.147. The topological polar surface area (TPSA) is 27.7 Å². The van der Waals surface area contributed by atoms with Crippen molar-refractivity contribution < 1.29 is 13.1 Å². The molecule has 0 heterocycles. The summed E-state index contributed by atoms with van der Waals surface area (Å²) in [5.74, 6) is 0.871. The van der Waals surface area contributed by atoms with Crippen molar-refractivity contribution in [3.8, 4) is 11.5 Å². The maximum absolute atomic E-state index is 6.31. The molecule has 2 rings (SSSR count). The molecular weight excluding hydrogens is 790 g/mol. The molecule has 13 heteroatoms. The summed E-state index contributed by atoms with van der Waals surface area (Å²) in [7, 11) is 0. The first-order valence-corrected chi connectivity index (χ1v) is 15.5. The Bertz CT molecular complexity index is 766. The molecule has 172 valence electrons. The number of hydrogen-bond acceptors (Lipinski definition) is 5. The lowest BCUT2D eigenvalue weighted by Gasteiger charge is -2.14. The minimum Gasteiger partial charge on any atom is -0.489 e. The van der Waals surface area contributed by atoms with Crippen molar-refractivity contribution in [3.63, 3.8) is 0 Å². The summed E-state index contributed by atoms with van der Waals surface area (Å²) in [5, 5.41) is 3.10. The van der Waals surface area contributed by atoms with Crippen LogP contribution in [0, 0.1) is 0 Å². The molecule has 0 saturated heterocycles. The van der Waals surface area contributed by atoms with Crippen LogP contribution in [0.5, 0.6) is 11.5 Å². The average Bonchev–Trinajstić information content (AvgIpc) is 2.72. The third kappa shape index (κ3) is 9.74. The van der Waals surface area contributed by atoms with Gasteiger partial charge < -0.3 is 9.47 Å². The molecule has 2 atom stereocenters. The van der Waals surface area contributed by atoms with Crippen LogP contribution < -0.4 is 9.47 Å². The monoisotopic (exact) mass is 798 g/mol. The predicted molar refractivity (Wildman–Crippen MR) is 150 cm³/mol. The second kappa shape index (κ2) is 15.0. The molecule has 0 bridgehead atoms. The van der Waals surface area contributed by atoms with E-state index in [1.807, 2.05) is 0 Å². The molecule has 3 nitrogen and oxygen atoms in total. The first-order chi connectivity index (χ1) is 14.7. The van der Waals surface area contributed by atoms with Crippen molar-refractivity contribution in [2.75, 3.05) is 23.9 Å². The first-order valence-electron chi connectivity index (χ1n) is 8.40. The van der Waals surface area contributed by atoms with Crippen molar-refractivity contribution >= 4 is 134 Å². The highest BCUT2D eigenvalue weighted by molar-refractivity contribution is 9.12. The number of alkyl halides is 4. The molecule has 0 saturated carbocycles. The zero-order valence-corrected chi connectivity index (χ0v) is 26.4. The van der Waals surface area contributed by atoms with Crippen molar-refractivity contribution in [2.24, 2.45) is 0 Å². The van der Waals surface area contributed by atoms with Crippen LogP contribution in [0.3, 0.4) is 0 Å². The van der Waals surface area contributed by atoms with Crippen molar-refractivity contribution in [2.45, 2.75) is 19.4 Å². The van der Waals surface area contributed by atoms with Gasteiger partial charge in [0.25, 0.3) is 0 Å². The number of halogens is 8. The van der Waals surface area contributed by atoms with Crippen LogP contribution >= 0.6 is 134 Å². The fourth-order valence-corrected chi connectivity index (χ4v) is 5.50. The minimum absolute atomic E-state index is 0.147. The summed E-state index contributed by atoms with van der Waals surface area (Å²) >= 11 is 41.1. The van der Waals surface area contributed by atoms with Gasteiger partial charge in [0.1, 0.15) is 13.2 Å². The van der Waals surface area contributed by atoms with E-state index in [0.29, 0.717) is 44.8 Å². The summed E-state index contributed by atoms with van der Waals surface area (Å²) < 4.78 is 17.0. The highest BCUT2D eigenvalue weighted by Crippen LogP contribution is 2.42. The maximum Gasteiger partial charge on any atom is 0.156 e. The zero-order valence-electron chi connectivity index (χ0n) is 15.4. The molecular formula is C18H14Br4Cl4O3S2. The molecule has 0 aliphatic heterocycles. The Labute approximate surface area is 243 Å². The molecule has 0 spiro atoms. The highest BCUT2D eigenvalue weighted by Gasteiger charge is 2.15. The first kappa shape index (κ1) is 29.0. The standard InChI is InChI=1S/C18H14Br4Cl4O3S2/c19-5-9(21)7-27-17-13(23)1-11(2-14(17)24)30-29-31-12-3-15(25)18(16(26)4-12)28-8-10(22)6-20/h1-4,9-10H,5-8H2. The molecule has 0 fully saturated rings. The van der Waals surface area contributed by atoms with Gasteiger partial charge in [-0.15, -0.1) is 0 Å². The van der Waals surface area contributed by atoms with Crippen LogP contribution in [0.1, 0.15) is 0 Å². The van der Waals surface area contributed by atoms with Crippen molar-refractivity contribution in [1.82, 2.24) is 0 Å². The molecule has 0 amide bonds. The lowest BCUT2D eigenvalue weighted by atomic mass is 10.3. The Kier molecular flexibility index (Phi) is 14.1. The molecule has 2 unspecified atom stereocenters. The van der Waals surface area contributed by atoms with Gasteiger partial charge in [-0.3, -0.25) is 0 Å². The van der Waals surface area contributed by atoms with Gasteiger partial charge in [0, 0.05) is 44.5 Å². The third-order valence-corrected chi connectivity index (χ3v) is 10.4. The van der Waals surface area contributed by atoms with Crippen LogP contribution in [-0.2, 0) is 3.63 Å². The molecule has 31 heavy (non-hydrogen) atoms. The van der Waals surface area contributed by atoms with Crippen molar-refractivity contribution in [1.29, 1.82) is 0 Å². The fourth-order valence-electron chi connectivity index (χ4n) is 1.98. The molecule has 0 N–H and O–H groups in total. The summed E-state index contributed by atoms with van der Waals surface area (Å²) in [6.45, 7) is 0.855. The Hall–Kier alpha value is 1.78. The number of benzene rings is 2. The van der Waals surface area contributed by atoms with E-state index >= 15 is 0 Å². The van der Waals surface area contributed by atoms with E-state index in [1.165, 1.54) is 0 Å². The van der Waals surface area contributed by atoms with E-state index in [9.17, 15) is 0 Å². The van der Waals surface area contributed by atoms with E-state index in [1.54, 1.807) is 24.3 Å². The van der Waals surface area contributed by atoms with Gasteiger partial charge in [-0.05, 0) is 24.3 Å². The van der Waals surface area contributed by atoms with Gasteiger partial charge in [-0.1, -0.05) is 110 Å². The van der Waals surface area contributed by atoms with Gasteiger partial charge in [-0.25, -0.2) is 3.63 Å². The van der Waals surface area contributed by atoms with Crippen LogP contribution in [0.15, 0.2) is 34.1 Å². The number of ether oxygens (including phenoxy) is 2. The summed E-state index contributed by atoms with van der Waals surface area (Å²) in [5.41, 5.74) is 0. The van der Waals surface area contributed by atoms with Gasteiger partial charge >= 0.3 is 0 Å². The Morgan fingerprint density at radius 3 is 1.29 bits per heavy atom. The highest BCUT2D eigenvalue weighted by atomic mass is 79.9. The van der Waals surface area contributed by atoms with Crippen LogP contribution in [0.4, 0.5) is 0 Å². The fraction of sp³-hybridized carbons (Fsp3) is 0.333. The van der Waals surface area contributed by atoms with E-state index in [4.69, 9.17) is 59.5 Å². The van der Waals surface area contributed by atoms with Gasteiger partial charge in [0.15, 0.2) is 11.5 Å². The lowest BCUT2D eigenvalue weighted by molar-refractivity contribution is 0.325. The molecule has 0 aliphatic carbocycles. The van der Waals surface area contributed by atoms with Crippen molar-refractivity contribution in [3.05, 3.63) is 44.4 Å². The van der Waals surface area contributed by atoms with E-state index < -0.39 is 0 Å². The zero-order chi connectivity index (χ0) is 23.0. The number of rotatable bonds is 12. The number of hydrogen-bond donors (Lipinski definition) is 0. The van der Waals surface area contributed by atoms with Gasteiger partial charge in [-0.2, -0.15) is 0 Å². The molecule has 2 aromatic rings. The summed E-state index contributed by atoms with van der Waals surface area (Å²) in [4.78, 5) is 1.74. The lowest BCUT2D eigenvalue weighted by Crippen LogP contribution is -2.12. The Morgan fingerprint density at radius 1 is 0.677 bits per heavy atom. The largest absolute Gasteiger partial charge is 0.489 e. The smallest absolute Gasteiger partial charge is 0.156 e. The van der Waals surface area contributed by atoms with Crippen LogP contribution in [-0.4, -0.2) is 33.5 Å². The quantitative estimate of drug-likeness (QED) is 0.157.